The number of hydrogen-bond donors (Lipinski definition) is 1. The maximum atomic E-state index is 10.8. The molecule has 1 aromatic carbocycles. The van der Waals surface area contributed by atoms with Crippen molar-refractivity contribution in [2.45, 2.75) is 12.5 Å². The lowest BCUT2D eigenvalue weighted by molar-refractivity contribution is -0.386. The summed E-state index contributed by atoms with van der Waals surface area (Å²) in [7, 11) is 1.68. The Morgan fingerprint density at radius 3 is 2.94 bits per heavy atom. The van der Waals surface area contributed by atoms with Crippen molar-refractivity contribution < 1.29 is 9.66 Å². The van der Waals surface area contributed by atoms with E-state index in [1.165, 1.54) is 6.07 Å². The van der Waals surface area contributed by atoms with Crippen molar-refractivity contribution >= 4 is 21.6 Å². The second-order valence-corrected chi connectivity index (χ2v) is 4.31. The van der Waals surface area contributed by atoms with Crippen LogP contribution in [0.5, 0.6) is 5.75 Å². The van der Waals surface area contributed by atoms with Gasteiger partial charge in [-0.2, -0.15) is 5.26 Å². The van der Waals surface area contributed by atoms with Crippen molar-refractivity contribution in [3.05, 3.63) is 32.8 Å². The number of nitro groups is 1. The summed E-state index contributed by atoms with van der Waals surface area (Å²) in [5, 5.41) is 22.4. The van der Waals surface area contributed by atoms with Crippen LogP contribution in [0, 0.1) is 21.4 Å². The maximum Gasteiger partial charge on any atom is 0.312 e. The van der Waals surface area contributed by atoms with Gasteiger partial charge in [-0.1, -0.05) is 6.07 Å². The molecule has 0 radical (unpaired) electrons. The Morgan fingerprint density at radius 1 is 1.67 bits per heavy atom. The van der Waals surface area contributed by atoms with Crippen LogP contribution in [0.15, 0.2) is 22.7 Å². The summed E-state index contributed by atoms with van der Waals surface area (Å²) in [5.74, 6) is 0.190. The predicted molar refractivity (Wildman–Crippen MR) is 69.4 cm³/mol. The summed E-state index contributed by atoms with van der Waals surface area (Å²) in [6.45, 7) is 0.225. The normalized spacial score (nSPS) is 11.6. The van der Waals surface area contributed by atoms with Gasteiger partial charge in [0.05, 0.1) is 28.1 Å². The summed E-state index contributed by atoms with van der Waals surface area (Å²) >= 11 is 3.21. The first-order chi connectivity index (χ1) is 8.60. The predicted octanol–water partition coefficient (Wildman–Crippen LogP) is 2.24. The van der Waals surface area contributed by atoms with Gasteiger partial charge in [0.2, 0.25) is 5.75 Å². The van der Waals surface area contributed by atoms with E-state index in [4.69, 9.17) is 10.00 Å². The van der Waals surface area contributed by atoms with E-state index in [-0.39, 0.29) is 24.1 Å². The average molecular weight is 314 g/mol. The Kier molecular flexibility index (Phi) is 5.55. The van der Waals surface area contributed by atoms with E-state index < -0.39 is 4.92 Å². The fourth-order valence-electron chi connectivity index (χ4n) is 1.34. The highest BCUT2D eigenvalue weighted by Crippen LogP contribution is 2.34. The SMILES string of the molecule is CNC(C#N)CCOc1c(Br)cccc1[N+](=O)[O-]. The zero-order valence-electron chi connectivity index (χ0n) is 9.72. The molecular weight excluding hydrogens is 302 g/mol. The summed E-state index contributed by atoms with van der Waals surface area (Å²) in [4.78, 5) is 10.3. The van der Waals surface area contributed by atoms with Gasteiger partial charge >= 0.3 is 5.69 Å². The van der Waals surface area contributed by atoms with E-state index in [2.05, 4.69) is 27.3 Å². The third-order valence-electron chi connectivity index (χ3n) is 2.30. The molecule has 18 heavy (non-hydrogen) atoms. The van der Waals surface area contributed by atoms with Gasteiger partial charge in [0, 0.05) is 12.5 Å². The molecule has 0 saturated carbocycles. The Morgan fingerprint density at radius 2 is 2.39 bits per heavy atom. The number of halogens is 1. The zero-order chi connectivity index (χ0) is 13.5. The molecule has 0 heterocycles. The highest BCUT2D eigenvalue weighted by Gasteiger charge is 2.18. The van der Waals surface area contributed by atoms with Gasteiger partial charge < -0.3 is 10.1 Å². The minimum Gasteiger partial charge on any atom is -0.486 e. The lowest BCUT2D eigenvalue weighted by Gasteiger charge is -2.10. The second kappa shape index (κ2) is 6.93. The van der Waals surface area contributed by atoms with Crippen molar-refractivity contribution in [2.75, 3.05) is 13.7 Å². The highest BCUT2D eigenvalue weighted by molar-refractivity contribution is 9.10. The molecule has 0 aliphatic heterocycles. The molecule has 1 atom stereocenters. The standard InChI is InChI=1S/C11H12BrN3O3/c1-14-8(7-13)5-6-18-11-9(12)3-2-4-10(11)15(16)17/h2-4,8,14H,5-6H2,1H3. The number of nitrogens with zero attached hydrogens (tertiary/aromatic N) is 2. The molecule has 0 aromatic heterocycles. The van der Waals surface area contributed by atoms with Crippen LogP contribution in [-0.2, 0) is 0 Å². The Hall–Kier alpha value is -1.65. The lowest BCUT2D eigenvalue weighted by Crippen LogP contribution is -2.25. The van der Waals surface area contributed by atoms with Crippen molar-refractivity contribution in [3.8, 4) is 11.8 Å². The molecular formula is C11H12BrN3O3. The molecule has 7 heteroatoms. The van der Waals surface area contributed by atoms with Gasteiger partial charge in [0.1, 0.15) is 0 Å². The highest BCUT2D eigenvalue weighted by atomic mass is 79.9. The first-order valence-corrected chi connectivity index (χ1v) is 6.02. The molecule has 1 N–H and O–H groups in total. The molecule has 6 nitrogen and oxygen atoms in total. The summed E-state index contributed by atoms with van der Waals surface area (Å²) in [6.07, 6.45) is 0.450. The van der Waals surface area contributed by atoms with Crippen LogP contribution in [0.2, 0.25) is 0 Å². The first-order valence-electron chi connectivity index (χ1n) is 5.22. The fourth-order valence-corrected chi connectivity index (χ4v) is 1.81. The third kappa shape index (κ3) is 3.68. The van der Waals surface area contributed by atoms with Gasteiger partial charge in [-0.15, -0.1) is 0 Å². The Labute approximate surface area is 113 Å². The molecule has 1 unspecified atom stereocenters. The van der Waals surface area contributed by atoms with Crippen LogP contribution in [0.4, 0.5) is 5.69 Å². The monoisotopic (exact) mass is 313 g/mol. The number of para-hydroxylation sites is 1. The van der Waals surface area contributed by atoms with Crippen LogP contribution >= 0.6 is 15.9 Å². The minimum absolute atomic E-state index is 0.0951. The molecule has 0 amide bonds. The maximum absolute atomic E-state index is 10.8. The zero-order valence-corrected chi connectivity index (χ0v) is 11.3. The fraction of sp³-hybridized carbons (Fsp3) is 0.364. The van der Waals surface area contributed by atoms with E-state index in [0.717, 1.165) is 0 Å². The number of nitrogens with one attached hydrogen (secondary N) is 1. The molecule has 96 valence electrons. The quantitative estimate of drug-likeness (QED) is 0.642. The van der Waals surface area contributed by atoms with Crippen LogP contribution in [0.3, 0.4) is 0 Å². The number of benzene rings is 1. The van der Waals surface area contributed by atoms with Crippen LogP contribution in [0.25, 0.3) is 0 Å². The van der Waals surface area contributed by atoms with Gasteiger partial charge in [0.25, 0.3) is 0 Å². The van der Waals surface area contributed by atoms with Crippen molar-refractivity contribution in [1.29, 1.82) is 5.26 Å². The van der Waals surface area contributed by atoms with Crippen molar-refractivity contribution in [1.82, 2.24) is 5.32 Å². The first kappa shape index (κ1) is 14.4. The Bertz CT molecular complexity index is 473. The van der Waals surface area contributed by atoms with Crippen molar-refractivity contribution in [3.63, 3.8) is 0 Å². The van der Waals surface area contributed by atoms with Gasteiger partial charge in [-0.25, -0.2) is 0 Å². The molecule has 0 aliphatic rings. The summed E-state index contributed by atoms with van der Waals surface area (Å²) in [6, 6.07) is 6.34. The molecule has 0 fully saturated rings. The van der Waals surface area contributed by atoms with E-state index in [9.17, 15) is 10.1 Å². The van der Waals surface area contributed by atoms with E-state index >= 15 is 0 Å². The summed E-state index contributed by atoms with van der Waals surface area (Å²) in [5.41, 5.74) is -0.0951. The number of ether oxygens (including phenoxy) is 1. The lowest BCUT2D eigenvalue weighted by atomic mass is 10.2. The van der Waals surface area contributed by atoms with E-state index in [1.54, 1.807) is 19.2 Å². The van der Waals surface area contributed by atoms with Crippen LogP contribution in [0.1, 0.15) is 6.42 Å². The van der Waals surface area contributed by atoms with Gasteiger partial charge in [-0.05, 0) is 29.0 Å². The molecule has 0 saturated heterocycles. The summed E-state index contributed by atoms with van der Waals surface area (Å²) < 4.78 is 5.91. The molecule has 0 spiro atoms. The van der Waals surface area contributed by atoms with Gasteiger partial charge in [-0.3, -0.25) is 10.1 Å². The smallest absolute Gasteiger partial charge is 0.312 e. The molecule has 1 rings (SSSR count). The van der Waals surface area contributed by atoms with Crippen LogP contribution in [-0.4, -0.2) is 24.6 Å². The van der Waals surface area contributed by atoms with E-state index in [1.807, 2.05) is 0 Å². The number of rotatable bonds is 6. The van der Waals surface area contributed by atoms with Crippen molar-refractivity contribution in [2.24, 2.45) is 0 Å². The minimum atomic E-state index is -0.500. The largest absolute Gasteiger partial charge is 0.486 e. The molecule has 0 aliphatic carbocycles. The third-order valence-corrected chi connectivity index (χ3v) is 2.92. The number of hydrogen-bond acceptors (Lipinski definition) is 5. The topological polar surface area (TPSA) is 88.2 Å². The molecule has 0 bridgehead atoms. The molecule has 1 aromatic rings. The average Bonchev–Trinajstić information content (AvgIpc) is 2.36. The van der Waals surface area contributed by atoms with E-state index in [0.29, 0.717) is 10.9 Å². The Balaban J connectivity index is 2.73. The van der Waals surface area contributed by atoms with Crippen LogP contribution < -0.4 is 10.1 Å². The number of nitriles is 1. The second-order valence-electron chi connectivity index (χ2n) is 3.45. The number of nitro benzene ring substituents is 1. The van der Waals surface area contributed by atoms with Gasteiger partial charge in [0.15, 0.2) is 0 Å².